The number of nitrogens with one attached hydrogen (secondary N) is 1. The van der Waals surface area contributed by atoms with Crippen molar-refractivity contribution in [2.75, 3.05) is 13.1 Å². The molecule has 4 N–H and O–H groups in total. The van der Waals surface area contributed by atoms with Crippen LogP contribution in [0.25, 0.3) is 0 Å². The molecular weight excluding hydrogens is 222 g/mol. The Kier molecular flexibility index (Phi) is 4.89. The third-order valence-corrected chi connectivity index (χ3v) is 2.65. The van der Waals surface area contributed by atoms with E-state index in [1.54, 1.807) is 0 Å². The molecule has 0 atom stereocenters. The first-order valence-corrected chi connectivity index (χ1v) is 5.50. The van der Waals surface area contributed by atoms with Gasteiger partial charge in [0.05, 0.1) is 0 Å². The molecule has 17 heavy (non-hydrogen) atoms. The fourth-order valence-corrected chi connectivity index (χ4v) is 1.29. The summed E-state index contributed by atoms with van der Waals surface area (Å²) in [5.74, 6) is 0.865. The maximum atomic E-state index is 8.61. The molecule has 96 valence electrons. The fourth-order valence-electron chi connectivity index (χ4n) is 1.29. The van der Waals surface area contributed by atoms with Gasteiger partial charge in [0.15, 0.2) is 6.33 Å². The first-order valence-electron chi connectivity index (χ1n) is 5.50. The number of oxime groups is 1. The van der Waals surface area contributed by atoms with Crippen molar-refractivity contribution in [1.29, 1.82) is 0 Å². The summed E-state index contributed by atoms with van der Waals surface area (Å²) in [5, 5.41) is 18.4. The number of hydrogen-bond acceptors (Lipinski definition) is 6. The van der Waals surface area contributed by atoms with Crippen molar-refractivity contribution in [3.8, 4) is 0 Å². The predicted octanol–water partition coefficient (Wildman–Crippen LogP) is 0.364. The quantitative estimate of drug-likeness (QED) is 0.209. The van der Waals surface area contributed by atoms with Gasteiger partial charge in [0.2, 0.25) is 5.89 Å². The van der Waals surface area contributed by atoms with Gasteiger partial charge in [-0.2, -0.15) is 4.98 Å². The predicted molar refractivity (Wildman–Crippen MR) is 62.7 cm³/mol. The van der Waals surface area contributed by atoms with Crippen LogP contribution < -0.4 is 11.1 Å². The van der Waals surface area contributed by atoms with Crippen LogP contribution in [0.3, 0.4) is 0 Å². The molecule has 0 spiro atoms. The zero-order valence-electron chi connectivity index (χ0n) is 10.2. The molecule has 1 aromatic heterocycles. The average Bonchev–Trinajstić information content (AvgIpc) is 2.80. The second-order valence-corrected chi connectivity index (χ2v) is 4.45. The van der Waals surface area contributed by atoms with E-state index in [4.69, 9.17) is 15.5 Å². The topological polar surface area (TPSA) is 110 Å². The van der Waals surface area contributed by atoms with Crippen molar-refractivity contribution in [2.45, 2.75) is 26.7 Å². The third-order valence-electron chi connectivity index (χ3n) is 2.65. The lowest BCUT2D eigenvalue weighted by Gasteiger charge is -2.22. The highest BCUT2D eigenvalue weighted by Crippen LogP contribution is 2.19. The van der Waals surface area contributed by atoms with E-state index < -0.39 is 0 Å². The molecular formula is C10H19N5O2. The molecule has 0 aliphatic carbocycles. The van der Waals surface area contributed by atoms with E-state index in [9.17, 15) is 0 Å². The van der Waals surface area contributed by atoms with Crippen LogP contribution >= 0.6 is 0 Å². The molecule has 0 radical (unpaired) electrons. The zero-order valence-corrected chi connectivity index (χ0v) is 10.2. The van der Waals surface area contributed by atoms with Gasteiger partial charge in [-0.1, -0.05) is 24.2 Å². The average molecular weight is 241 g/mol. The van der Waals surface area contributed by atoms with Crippen molar-refractivity contribution in [1.82, 2.24) is 15.5 Å². The number of aromatic nitrogens is 2. The third kappa shape index (κ3) is 4.39. The first kappa shape index (κ1) is 13.4. The van der Waals surface area contributed by atoms with Crippen LogP contribution in [0.4, 0.5) is 0 Å². The minimum Gasteiger partial charge on any atom is -0.409 e. The van der Waals surface area contributed by atoms with Gasteiger partial charge in [0.1, 0.15) is 5.84 Å². The van der Waals surface area contributed by atoms with Gasteiger partial charge in [0.25, 0.3) is 0 Å². The van der Waals surface area contributed by atoms with Crippen LogP contribution in [0.1, 0.15) is 26.2 Å². The first-order chi connectivity index (χ1) is 8.06. The monoisotopic (exact) mass is 241 g/mol. The summed E-state index contributed by atoms with van der Waals surface area (Å²) in [6, 6.07) is 0. The van der Waals surface area contributed by atoms with E-state index in [0.717, 1.165) is 19.5 Å². The van der Waals surface area contributed by atoms with Gasteiger partial charge in [-0.3, -0.25) is 0 Å². The Morgan fingerprint density at radius 1 is 1.59 bits per heavy atom. The minimum atomic E-state index is -0.313. The summed E-state index contributed by atoms with van der Waals surface area (Å²) >= 11 is 0. The number of rotatable bonds is 7. The maximum Gasteiger partial charge on any atom is 0.227 e. The Hall–Kier alpha value is -1.63. The van der Waals surface area contributed by atoms with Crippen molar-refractivity contribution in [2.24, 2.45) is 16.3 Å². The van der Waals surface area contributed by atoms with Crippen molar-refractivity contribution in [3.63, 3.8) is 0 Å². The Labute approximate surface area is 100 Å². The normalized spacial score (nSPS) is 12.9. The Morgan fingerprint density at radius 2 is 2.35 bits per heavy atom. The molecule has 0 aromatic carbocycles. The number of nitrogens with zero attached hydrogens (tertiary/aromatic N) is 3. The molecule has 1 heterocycles. The zero-order chi connectivity index (χ0) is 12.7. The molecule has 7 heteroatoms. The van der Waals surface area contributed by atoms with E-state index >= 15 is 0 Å². The lowest BCUT2D eigenvalue weighted by Crippen LogP contribution is -2.35. The molecule has 0 saturated heterocycles. The Morgan fingerprint density at radius 3 is 2.94 bits per heavy atom. The highest BCUT2D eigenvalue weighted by atomic mass is 16.5. The highest BCUT2D eigenvalue weighted by Gasteiger charge is 2.22. The summed E-state index contributed by atoms with van der Waals surface area (Å²) in [6.07, 6.45) is 2.87. The molecule has 7 nitrogen and oxygen atoms in total. The van der Waals surface area contributed by atoms with Gasteiger partial charge >= 0.3 is 0 Å². The standard InChI is InChI=1S/C10H19N5O2/c1-10(2,9(11)15-16)4-6-12-5-3-8-13-7-14-17-8/h7,12,16H,3-6H2,1-2H3,(H2,11,15). The van der Waals surface area contributed by atoms with E-state index in [1.165, 1.54) is 6.33 Å². The maximum absolute atomic E-state index is 8.61. The van der Waals surface area contributed by atoms with Gasteiger partial charge in [-0.15, -0.1) is 0 Å². The van der Waals surface area contributed by atoms with Gasteiger partial charge in [0, 0.05) is 18.4 Å². The van der Waals surface area contributed by atoms with Crippen molar-refractivity contribution < 1.29 is 9.73 Å². The fraction of sp³-hybridized carbons (Fsp3) is 0.700. The SMILES string of the molecule is CC(C)(CCNCCc1ncno1)C(N)=NO. The smallest absolute Gasteiger partial charge is 0.227 e. The van der Waals surface area contributed by atoms with Gasteiger partial charge < -0.3 is 20.8 Å². The molecule has 0 saturated carbocycles. The molecule has 0 amide bonds. The molecule has 1 aromatic rings. The Balaban J connectivity index is 2.16. The number of hydrogen-bond donors (Lipinski definition) is 3. The summed E-state index contributed by atoms with van der Waals surface area (Å²) in [6.45, 7) is 5.40. The summed E-state index contributed by atoms with van der Waals surface area (Å²) in [4.78, 5) is 3.91. The van der Waals surface area contributed by atoms with Crippen LogP contribution in [-0.4, -0.2) is 34.3 Å². The van der Waals surface area contributed by atoms with Gasteiger partial charge in [-0.05, 0) is 13.0 Å². The number of amidine groups is 1. The molecule has 0 aliphatic rings. The molecule has 0 unspecified atom stereocenters. The molecule has 0 bridgehead atoms. The van der Waals surface area contributed by atoms with Crippen LogP contribution in [0, 0.1) is 5.41 Å². The van der Waals surface area contributed by atoms with E-state index in [-0.39, 0.29) is 11.3 Å². The van der Waals surface area contributed by atoms with Crippen LogP contribution in [0.5, 0.6) is 0 Å². The highest BCUT2D eigenvalue weighted by molar-refractivity contribution is 5.85. The molecule has 0 aliphatic heterocycles. The van der Waals surface area contributed by atoms with Crippen LogP contribution in [0.2, 0.25) is 0 Å². The minimum absolute atomic E-state index is 0.246. The summed E-state index contributed by atoms with van der Waals surface area (Å²) in [5.41, 5.74) is 5.27. The lowest BCUT2D eigenvalue weighted by atomic mass is 9.88. The van der Waals surface area contributed by atoms with Crippen LogP contribution in [-0.2, 0) is 6.42 Å². The van der Waals surface area contributed by atoms with Crippen molar-refractivity contribution >= 4 is 5.84 Å². The van der Waals surface area contributed by atoms with E-state index in [2.05, 4.69) is 20.6 Å². The van der Waals surface area contributed by atoms with Crippen molar-refractivity contribution in [3.05, 3.63) is 12.2 Å². The largest absolute Gasteiger partial charge is 0.409 e. The summed E-state index contributed by atoms with van der Waals surface area (Å²) in [7, 11) is 0. The second-order valence-electron chi connectivity index (χ2n) is 4.45. The van der Waals surface area contributed by atoms with Gasteiger partial charge in [-0.25, -0.2) is 0 Å². The Bertz CT molecular complexity index is 348. The summed E-state index contributed by atoms with van der Waals surface area (Å²) < 4.78 is 4.86. The van der Waals surface area contributed by atoms with Crippen LogP contribution in [0.15, 0.2) is 16.0 Å². The second kappa shape index (κ2) is 6.19. The number of nitrogens with two attached hydrogens (primary N) is 1. The molecule has 0 fully saturated rings. The molecule has 1 rings (SSSR count). The van der Waals surface area contributed by atoms with E-state index in [0.29, 0.717) is 12.3 Å². The van der Waals surface area contributed by atoms with E-state index in [1.807, 2.05) is 13.8 Å². The lowest BCUT2D eigenvalue weighted by molar-refractivity contribution is 0.305.